The molecule has 1 fully saturated rings. The third-order valence-corrected chi connectivity index (χ3v) is 3.80. The van der Waals surface area contributed by atoms with E-state index in [1.165, 1.54) is 11.9 Å². The van der Waals surface area contributed by atoms with Crippen molar-refractivity contribution in [2.45, 2.75) is 6.10 Å². The van der Waals surface area contributed by atoms with Gasteiger partial charge in [-0.25, -0.2) is 0 Å². The smallest absolute Gasteiger partial charge is 0.289 e. The van der Waals surface area contributed by atoms with Gasteiger partial charge in [0.2, 0.25) is 5.91 Å². The molecule has 0 aromatic carbocycles. The van der Waals surface area contributed by atoms with Crippen molar-refractivity contribution in [2.24, 2.45) is 5.92 Å². The van der Waals surface area contributed by atoms with Crippen LogP contribution in [0, 0.1) is 5.92 Å². The molecular weight excluding hydrogens is 378 g/mol. The van der Waals surface area contributed by atoms with Crippen LogP contribution in [0.25, 0.3) is 0 Å². The first-order valence-corrected chi connectivity index (χ1v) is 7.43. The number of carbonyl (C=O) groups excluding carboxylic acids is 2. The molecule has 0 radical (unpaired) electrons. The summed E-state index contributed by atoms with van der Waals surface area (Å²) in [5, 5.41) is 15.4. The molecule has 1 aliphatic rings. The SMILES string of the molecule is CN(CC(=O)NCC1CNCC1O)C(=O)c1ccc(Br)o1.Cl. The summed E-state index contributed by atoms with van der Waals surface area (Å²) in [6.07, 6.45) is -0.440. The molecule has 3 N–H and O–H groups in total. The number of hydrogen-bond donors (Lipinski definition) is 3. The molecular formula is C13H19BrClN3O4. The molecule has 124 valence electrons. The van der Waals surface area contributed by atoms with Gasteiger partial charge < -0.3 is 25.1 Å². The third kappa shape index (κ3) is 4.98. The predicted octanol–water partition coefficient (Wildman–Crippen LogP) is 0.232. The second kappa shape index (κ2) is 8.52. The Morgan fingerprint density at radius 1 is 1.50 bits per heavy atom. The summed E-state index contributed by atoms with van der Waals surface area (Å²) >= 11 is 3.12. The number of carbonyl (C=O) groups is 2. The molecule has 1 aromatic rings. The molecule has 2 atom stereocenters. The van der Waals surface area contributed by atoms with Crippen molar-refractivity contribution < 1.29 is 19.1 Å². The predicted molar refractivity (Wildman–Crippen MR) is 86.0 cm³/mol. The van der Waals surface area contributed by atoms with E-state index in [1.807, 2.05) is 0 Å². The second-order valence-corrected chi connectivity index (χ2v) is 5.84. The van der Waals surface area contributed by atoms with E-state index >= 15 is 0 Å². The van der Waals surface area contributed by atoms with Gasteiger partial charge in [-0.05, 0) is 28.1 Å². The Hall–Kier alpha value is -1.09. The van der Waals surface area contributed by atoms with Crippen molar-refractivity contribution in [1.29, 1.82) is 0 Å². The van der Waals surface area contributed by atoms with Crippen molar-refractivity contribution in [3.05, 3.63) is 22.6 Å². The number of furan rings is 1. The lowest BCUT2D eigenvalue weighted by molar-refractivity contribution is -0.121. The van der Waals surface area contributed by atoms with Crippen molar-refractivity contribution >= 4 is 40.2 Å². The van der Waals surface area contributed by atoms with Crippen molar-refractivity contribution in [2.75, 3.05) is 33.2 Å². The molecule has 0 spiro atoms. The Morgan fingerprint density at radius 2 is 2.23 bits per heavy atom. The molecule has 2 amide bonds. The van der Waals surface area contributed by atoms with Crippen LogP contribution < -0.4 is 10.6 Å². The number of aliphatic hydroxyl groups is 1. The summed E-state index contributed by atoms with van der Waals surface area (Å²) in [6, 6.07) is 3.16. The quantitative estimate of drug-likeness (QED) is 0.662. The molecule has 1 aromatic heterocycles. The van der Waals surface area contributed by atoms with E-state index in [1.54, 1.807) is 12.1 Å². The molecule has 9 heteroatoms. The lowest BCUT2D eigenvalue weighted by Crippen LogP contribution is -2.41. The molecule has 1 saturated heterocycles. The highest BCUT2D eigenvalue weighted by Crippen LogP contribution is 2.15. The maximum atomic E-state index is 12.0. The van der Waals surface area contributed by atoms with Crippen LogP contribution in [0.15, 0.2) is 21.2 Å². The zero-order valence-electron chi connectivity index (χ0n) is 12.0. The van der Waals surface area contributed by atoms with Crippen LogP contribution in [0.1, 0.15) is 10.6 Å². The molecule has 2 rings (SSSR count). The van der Waals surface area contributed by atoms with Crippen LogP contribution in [-0.2, 0) is 4.79 Å². The molecule has 0 saturated carbocycles. The number of nitrogens with zero attached hydrogens (tertiary/aromatic N) is 1. The Kier molecular flexibility index (Phi) is 7.34. The van der Waals surface area contributed by atoms with Gasteiger partial charge in [-0.15, -0.1) is 12.4 Å². The highest BCUT2D eigenvalue weighted by atomic mass is 79.9. The number of aliphatic hydroxyl groups excluding tert-OH is 1. The maximum absolute atomic E-state index is 12.0. The third-order valence-electron chi connectivity index (χ3n) is 3.38. The molecule has 0 bridgehead atoms. The number of β-amino-alcohol motifs (C(OH)–C–C–N with tert-alkyl or cyclic N) is 1. The Labute approximate surface area is 143 Å². The van der Waals surface area contributed by atoms with E-state index < -0.39 is 6.10 Å². The van der Waals surface area contributed by atoms with Gasteiger partial charge in [-0.1, -0.05) is 0 Å². The summed E-state index contributed by atoms with van der Waals surface area (Å²) < 4.78 is 5.62. The molecule has 2 heterocycles. The normalized spacial score (nSPS) is 20.3. The minimum Gasteiger partial charge on any atom is -0.444 e. The van der Waals surface area contributed by atoms with Crippen LogP contribution in [-0.4, -0.2) is 61.2 Å². The first-order chi connectivity index (χ1) is 9.97. The van der Waals surface area contributed by atoms with Gasteiger partial charge in [0.05, 0.1) is 12.6 Å². The van der Waals surface area contributed by atoms with E-state index in [0.29, 0.717) is 24.3 Å². The van der Waals surface area contributed by atoms with E-state index in [2.05, 4.69) is 26.6 Å². The topological polar surface area (TPSA) is 94.8 Å². The second-order valence-electron chi connectivity index (χ2n) is 5.05. The monoisotopic (exact) mass is 395 g/mol. The molecule has 1 aliphatic heterocycles. The summed E-state index contributed by atoms with van der Waals surface area (Å²) in [4.78, 5) is 25.1. The van der Waals surface area contributed by atoms with Crippen molar-refractivity contribution in [3.63, 3.8) is 0 Å². The van der Waals surface area contributed by atoms with Gasteiger partial charge in [0.15, 0.2) is 10.4 Å². The van der Waals surface area contributed by atoms with Gasteiger partial charge in [0.1, 0.15) is 0 Å². The summed E-state index contributed by atoms with van der Waals surface area (Å²) in [6.45, 7) is 1.55. The fraction of sp³-hybridized carbons (Fsp3) is 0.538. The largest absolute Gasteiger partial charge is 0.444 e. The molecule has 0 aliphatic carbocycles. The van der Waals surface area contributed by atoms with Crippen LogP contribution in [0.3, 0.4) is 0 Å². The number of amides is 2. The minimum absolute atomic E-state index is 0. The minimum atomic E-state index is -0.440. The number of nitrogens with one attached hydrogen (secondary N) is 2. The van der Waals surface area contributed by atoms with Crippen LogP contribution in [0.2, 0.25) is 0 Å². The summed E-state index contributed by atoms with van der Waals surface area (Å²) in [5.74, 6) is -0.447. The summed E-state index contributed by atoms with van der Waals surface area (Å²) in [5.41, 5.74) is 0. The van der Waals surface area contributed by atoms with Crippen molar-refractivity contribution in [1.82, 2.24) is 15.5 Å². The first kappa shape index (κ1) is 19.0. The molecule has 7 nitrogen and oxygen atoms in total. The number of hydrogen-bond acceptors (Lipinski definition) is 5. The van der Waals surface area contributed by atoms with Crippen molar-refractivity contribution in [3.8, 4) is 0 Å². The van der Waals surface area contributed by atoms with E-state index in [0.717, 1.165) is 0 Å². The van der Waals surface area contributed by atoms with Gasteiger partial charge in [-0.2, -0.15) is 0 Å². The van der Waals surface area contributed by atoms with E-state index in [9.17, 15) is 14.7 Å². The van der Waals surface area contributed by atoms with Gasteiger partial charge in [-0.3, -0.25) is 9.59 Å². The average molecular weight is 397 g/mol. The molecule has 2 unspecified atom stereocenters. The maximum Gasteiger partial charge on any atom is 0.289 e. The Balaban J connectivity index is 0.00000242. The van der Waals surface area contributed by atoms with Crippen LogP contribution in [0.4, 0.5) is 0 Å². The van der Waals surface area contributed by atoms with Crippen LogP contribution >= 0.6 is 28.3 Å². The fourth-order valence-electron chi connectivity index (χ4n) is 2.13. The summed E-state index contributed by atoms with van der Waals surface area (Å²) in [7, 11) is 1.53. The first-order valence-electron chi connectivity index (χ1n) is 6.63. The number of halogens is 2. The van der Waals surface area contributed by atoms with Gasteiger partial charge in [0, 0.05) is 32.6 Å². The fourth-order valence-corrected chi connectivity index (χ4v) is 2.44. The number of likely N-dealkylation sites (N-methyl/N-ethyl adjacent to an activating group) is 1. The van der Waals surface area contributed by atoms with Gasteiger partial charge in [0.25, 0.3) is 5.91 Å². The Morgan fingerprint density at radius 3 is 2.77 bits per heavy atom. The molecule has 22 heavy (non-hydrogen) atoms. The van der Waals surface area contributed by atoms with E-state index in [4.69, 9.17) is 4.42 Å². The highest BCUT2D eigenvalue weighted by Gasteiger charge is 2.25. The van der Waals surface area contributed by atoms with Gasteiger partial charge >= 0.3 is 0 Å². The highest BCUT2D eigenvalue weighted by molar-refractivity contribution is 9.10. The van der Waals surface area contributed by atoms with E-state index in [-0.39, 0.29) is 42.4 Å². The standard InChI is InChI=1S/C13H18BrN3O4.ClH/c1-17(13(20)10-2-3-11(14)21-10)7-12(19)16-5-8-4-15-6-9(8)18;/h2-3,8-9,15,18H,4-7H2,1H3,(H,16,19);1H. The number of rotatable bonds is 5. The zero-order chi connectivity index (χ0) is 15.4. The average Bonchev–Trinajstić information content (AvgIpc) is 3.04. The lowest BCUT2D eigenvalue weighted by atomic mass is 10.1. The van der Waals surface area contributed by atoms with Crippen LogP contribution in [0.5, 0.6) is 0 Å². The Bertz CT molecular complexity index is 525. The lowest BCUT2D eigenvalue weighted by Gasteiger charge is -2.17. The zero-order valence-corrected chi connectivity index (χ0v) is 14.4.